The molecule has 208 valence electrons. The molecule has 2 aromatic rings. The largest absolute Gasteiger partial charge is 0.497 e. The van der Waals surface area contributed by atoms with Gasteiger partial charge in [-0.25, -0.2) is 0 Å². The second-order valence-corrected chi connectivity index (χ2v) is 12.8. The highest BCUT2D eigenvalue weighted by Crippen LogP contribution is 2.69. The van der Waals surface area contributed by atoms with Gasteiger partial charge in [0.2, 0.25) is 17.7 Å². The Labute approximate surface area is 233 Å². The molecule has 3 aliphatic rings. The molecule has 5 rings (SSSR count). The normalized spacial score (nSPS) is 29.8. The number of anilines is 1. The lowest BCUT2D eigenvalue weighted by Crippen LogP contribution is -2.58. The van der Waals surface area contributed by atoms with E-state index in [1.807, 2.05) is 44.2 Å². The van der Waals surface area contributed by atoms with E-state index < -0.39 is 28.7 Å². The van der Waals surface area contributed by atoms with E-state index in [9.17, 15) is 19.5 Å². The van der Waals surface area contributed by atoms with Crippen LogP contribution in [-0.2, 0) is 20.9 Å². The third-order valence-corrected chi connectivity index (χ3v) is 10.8. The topological polar surface area (TPSA) is 108 Å². The van der Waals surface area contributed by atoms with E-state index >= 15 is 0 Å². The second-order valence-electron chi connectivity index (χ2n) is 11.2. The van der Waals surface area contributed by atoms with Gasteiger partial charge in [-0.15, -0.1) is 11.8 Å². The number of carbonyl (C=O) groups excluding carboxylic acids is 3. The van der Waals surface area contributed by atoms with Crippen molar-refractivity contribution in [2.45, 2.75) is 55.8 Å². The summed E-state index contributed by atoms with van der Waals surface area (Å²) in [7, 11) is 1.58. The van der Waals surface area contributed by atoms with Crippen LogP contribution in [-0.4, -0.2) is 63.5 Å². The molecule has 3 heterocycles. The van der Waals surface area contributed by atoms with Crippen molar-refractivity contribution in [2.24, 2.45) is 23.7 Å². The number of likely N-dealkylation sites (tertiary alicyclic amines) is 1. The number of nitrogens with one attached hydrogen (secondary N) is 2. The first kappa shape index (κ1) is 27.5. The Morgan fingerprint density at radius 3 is 2.44 bits per heavy atom. The average Bonchev–Trinajstić information content (AvgIpc) is 3.52. The van der Waals surface area contributed by atoms with Gasteiger partial charge in [-0.3, -0.25) is 14.4 Å². The van der Waals surface area contributed by atoms with Crippen LogP contribution in [0.4, 0.5) is 5.69 Å². The number of rotatable bonds is 9. The Morgan fingerprint density at radius 2 is 1.82 bits per heavy atom. The molecule has 9 heteroatoms. The first-order chi connectivity index (χ1) is 18.7. The third kappa shape index (κ3) is 4.59. The van der Waals surface area contributed by atoms with Gasteiger partial charge in [0.25, 0.3) is 0 Å². The molecule has 39 heavy (non-hydrogen) atoms. The Bertz CT molecular complexity index is 1220. The van der Waals surface area contributed by atoms with Gasteiger partial charge in [0.05, 0.1) is 36.3 Å². The SMILES string of the molecule is COc1ccc(NC(=O)C2N([C@@H](CO)C(C)C)C(=O)[C@@H]3[C@H](C(=O)NCc4ccccc4)[C@@H]4CC(C)C23S4)cc1. The fourth-order valence-corrected chi connectivity index (χ4v) is 9.23. The molecule has 3 amide bonds. The van der Waals surface area contributed by atoms with Crippen LogP contribution in [0.3, 0.4) is 0 Å². The smallest absolute Gasteiger partial charge is 0.248 e. The lowest BCUT2D eigenvalue weighted by atomic mass is 9.66. The monoisotopic (exact) mass is 551 g/mol. The van der Waals surface area contributed by atoms with Crippen LogP contribution in [0, 0.1) is 23.7 Å². The van der Waals surface area contributed by atoms with Crippen molar-refractivity contribution >= 4 is 35.2 Å². The maximum atomic E-state index is 14.3. The Hall–Kier alpha value is -3.04. The van der Waals surface area contributed by atoms with Crippen LogP contribution in [0.25, 0.3) is 0 Å². The molecule has 0 radical (unpaired) electrons. The molecule has 3 N–H and O–H groups in total. The maximum Gasteiger partial charge on any atom is 0.248 e. The van der Waals surface area contributed by atoms with Crippen LogP contribution < -0.4 is 15.4 Å². The lowest BCUT2D eigenvalue weighted by Gasteiger charge is -2.40. The number of benzene rings is 2. The minimum atomic E-state index is -0.812. The van der Waals surface area contributed by atoms with E-state index in [0.717, 1.165) is 12.0 Å². The van der Waals surface area contributed by atoms with Gasteiger partial charge in [0.15, 0.2) is 0 Å². The minimum absolute atomic E-state index is 0.0442. The number of aliphatic hydroxyl groups excluding tert-OH is 1. The molecule has 1 spiro atoms. The van der Waals surface area contributed by atoms with E-state index in [1.165, 1.54) is 0 Å². The summed E-state index contributed by atoms with van der Waals surface area (Å²) < 4.78 is 4.48. The molecule has 0 aromatic heterocycles. The fraction of sp³-hybridized carbons (Fsp3) is 0.500. The van der Waals surface area contributed by atoms with Crippen LogP contribution >= 0.6 is 11.8 Å². The van der Waals surface area contributed by atoms with Crippen molar-refractivity contribution in [1.82, 2.24) is 10.2 Å². The first-order valence-corrected chi connectivity index (χ1v) is 14.5. The van der Waals surface area contributed by atoms with Crippen molar-refractivity contribution in [2.75, 3.05) is 19.0 Å². The van der Waals surface area contributed by atoms with Gasteiger partial charge < -0.3 is 25.4 Å². The number of thioether (sulfide) groups is 1. The number of hydrogen-bond donors (Lipinski definition) is 3. The van der Waals surface area contributed by atoms with E-state index in [2.05, 4.69) is 17.6 Å². The van der Waals surface area contributed by atoms with Gasteiger partial charge >= 0.3 is 0 Å². The zero-order valence-corrected chi connectivity index (χ0v) is 23.6. The number of fused-ring (bicyclic) bond motifs is 1. The number of carbonyl (C=O) groups is 3. The first-order valence-electron chi connectivity index (χ1n) is 13.6. The number of amides is 3. The van der Waals surface area contributed by atoms with Crippen molar-refractivity contribution in [3.05, 3.63) is 60.2 Å². The Balaban J connectivity index is 1.49. The number of hydrogen-bond acceptors (Lipinski definition) is 6. The summed E-state index contributed by atoms with van der Waals surface area (Å²) in [5.41, 5.74) is 1.58. The maximum absolute atomic E-state index is 14.3. The van der Waals surface area contributed by atoms with Gasteiger partial charge in [-0.2, -0.15) is 0 Å². The third-order valence-electron chi connectivity index (χ3n) is 8.72. The van der Waals surface area contributed by atoms with E-state index in [0.29, 0.717) is 18.0 Å². The number of nitrogens with zero attached hydrogens (tertiary/aromatic N) is 1. The molecule has 2 bridgehead atoms. The molecule has 0 aliphatic carbocycles. The summed E-state index contributed by atoms with van der Waals surface area (Å²) >= 11 is 1.63. The summed E-state index contributed by atoms with van der Waals surface area (Å²) in [6, 6.07) is 15.4. The Morgan fingerprint density at radius 1 is 1.13 bits per heavy atom. The van der Waals surface area contributed by atoms with Gasteiger partial charge in [-0.05, 0) is 48.1 Å². The summed E-state index contributed by atoms with van der Waals surface area (Å²) in [4.78, 5) is 43.6. The molecule has 2 aromatic carbocycles. The van der Waals surface area contributed by atoms with Crippen molar-refractivity contribution in [1.29, 1.82) is 0 Å². The molecule has 0 saturated carbocycles. The van der Waals surface area contributed by atoms with Crippen molar-refractivity contribution < 1.29 is 24.2 Å². The number of methoxy groups -OCH3 is 1. The highest BCUT2D eigenvalue weighted by Gasteiger charge is 2.76. The summed E-state index contributed by atoms with van der Waals surface area (Å²) in [5, 5.41) is 16.4. The summed E-state index contributed by atoms with van der Waals surface area (Å²) in [6.07, 6.45) is 0.753. The minimum Gasteiger partial charge on any atom is -0.497 e. The van der Waals surface area contributed by atoms with E-state index in [4.69, 9.17) is 4.74 Å². The van der Waals surface area contributed by atoms with Gasteiger partial charge in [0.1, 0.15) is 11.8 Å². The predicted octanol–water partition coefficient (Wildman–Crippen LogP) is 3.30. The second kappa shape index (κ2) is 10.8. The number of aliphatic hydroxyl groups is 1. The molecule has 8 nitrogen and oxygen atoms in total. The van der Waals surface area contributed by atoms with Crippen LogP contribution in [0.1, 0.15) is 32.8 Å². The average molecular weight is 552 g/mol. The molecule has 7 atom stereocenters. The molecular weight excluding hydrogens is 514 g/mol. The summed E-state index contributed by atoms with van der Waals surface area (Å²) in [5.74, 6) is -1.17. The Kier molecular flexibility index (Phi) is 7.66. The quantitative estimate of drug-likeness (QED) is 0.442. The fourth-order valence-electron chi connectivity index (χ4n) is 6.82. The standard InChI is InChI=1S/C30H37N3O5S/c1-17(2)22(16-34)33-26(28(36)32-20-10-12-21(38-4)13-11-20)30-18(3)14-23(39-30)24(25(30)29(33)37)27(35)31-15-19-8-6-5-7-9-19/h5-13,17-18,22-26,34H,14-16H2,1-4H3,(H,31,35)(H,32,36)/t18?,22-,23-,24+,25-,26?,30?/m0/s1. The number of ether oxygens (including phenoxy) is 1. The van der Waals surface area contributed by atoms with Gasteiger partial charge in [0, 0.05) is 17.5 Å². The van der Waals surface area contributed by atoms with E-state index in [-0.39, 0.29) is 41.4 Å². The zero-order valence-electron chi connectivity index (χ0n) is 22.8. The molecular formula is C30H37N3O5S. The highest BCUT2D eigenvalue weighted by molar-refractivity contribution is 8.02. The molecule has 3 unspecified atom stereocenters. The van der Waals surface area contributed by atoms with Crippen LogP contribution in [0.2, 0.25) is 0 Å². The van der Waals surface area contributed by atoms with Crippen LogP contribution in [0.15, 0.2) is 54.6 Å². The molecule has 3 aliphatic heterocycles. The highest BCUT2D eigenvalue weighted by atomic mass is 32.2. The molecule has 3 fully saturated rings. The van der Waals surface area contributed by atoms with E-state index in [1.54, 1.807) is 48.0 Å². The predicted molar refractivity (Wildman–Crippen MR) is 151 cm³/mol. The zero-order chi connectivity index (χ0) is 27.9. The summed E-state index contributed by atoms with van der Waals surface area (Å²) in [6.45, 7) is 6.10. The van der Waals surface area contributed by atoms with Crippen molar-refractivity contribution in [3.8, 4) is 5.75 Å². The van der Waals surface area contributed by atoms with Crippen LogP contribution in [0.5, 0.6) is 5.75 Å². The molecule has 3 saturated heterocycles. The van der Waals surface area contributed by atoms with Gasteiger partial charge in [-0.1, -0.05) is 51.1 Å². The van der Waals surface area contributed by atoms with Crippen molar-refractivity contribution in [3.63, 3.8) is 0 Å². The lowest BCUT2D eigenvalue weighted by molar-refractivity contribution is -0.143.